The lowest BCUT2D eigenvalue weighted by molar-refractivity contribution is 0.620. The smallest absolute Gasteiger partial charge is 0.106 e. The fraction of sp³-hybridized carbons (Fsp3) is 0.500. The summed E-state index contributed by atoms with van der Waals surface area (Å²) >= 11 is 8.61. The van der Waals surface area contributed by atoms with E-state index in [1.807, 2.05) is 12.1 Å². The van der Waals surface area contributed by atoms with Crippen molar-refractivity contribution in [2.45, 2.75) is 44.6 Å². The molecule has 1 aromatic rings. The van der Waals surface area contributed by atoms with Crippen LogP contribution in [0.2, 0.25) is 0 Å². The Morgan fingerprint density at radius 2 is 1.89 bits per heavy atom. The molecule has 18 heavy (non-hydrogen) atoms. The lowest BCUT2D eigenvalue weighted by Crippen LogP contribution is -2.21. The Kier molecular flexibility index (Phi) is 5.01. The van der Waals surface area contributed by atoms with Gasteiger partial charge >= 0.3 is 0 Å². The van der Waals surface area contributed by atoms with E-state index in [0.717, 1.165) is 15.7 Å². The number of halogens is 1. The maximum atomic E-state index is 5.78. The molecule has 0 saturated heterocycles. The highest BCUT2D eigenvalue weighted by molar-refractivity contribution is 9.10. The third kappa shape index (κ3) is 3.69. The zero-order chi connectivity index (χ0) is 13.0. The lowest BCUT2D eigenvalue weighted by Gasteiger charge is -2.20. The Balaban J connectivity index is 2.15. The van der Waals surface area contributed by atoms with Gasteiger partial charge in [-0.05, 0) is 31.0 Å². The number of nitrogens with one attached hydrogen (secondary N) is 1. The highest BCUT2D eigenvalue weighted by Gasteiger charge is 2.14. The SMILES string of the molecule is NC(=S)c1ccc(Br)cc1NC1CCCCCC1. The van der Waals surface area contributed by atoms with E-state index in [4.69, 9.17) is 18.0 Å². The summed E-state index contributed by atoms with van der Waals surface area (Å²) in [5.41, 5.74) is 7.78. The van der Waals surface area contributed by atoms with Crippen LogP contribution >= 0.6 is 28.1 Å². The number of thiocarbonyl (C=S) groups is 1. The first kappa shape index (κ1) is 13.8. The second-order valence-electron chi connectivity index (χ2n) is 4.89. The van der Waals surface area contributed by atoms with Crippen molar-refractivity contribution < 1.29 is 0 Å². The lowest BCUT2D eigenvalue weighted by atomic mass is 10.1. The standard InChI is InChI=1S/C14H19BrN2S/c15-10-7-8-12(14(16)18)13(9-10)17-11-5-3-1-2-4-6-11/h7-9,11,17H,1-6H2,(H2,16,18). The van der Waals surface area contributed by atoms with Crippen molar-refractivity contribution in [1.82, 2.24) is 0 Å². The molecular formula is C14H19BrN2S. The van der Waals surface area contributed by atoms with Gasteiger partial charge in [-0.1, -0.05) is 53.8 Å². The molecule has 0 bridgehead atoms. The van der Waals surface area contributed by atoms with Crippen molar-refractivity contribution >= 4 is 38.8 Å². The first-order valence-electron chi connectivity index (χ1n) is 6.52. The van der Waals surface area contributed by atoms with Crippen LogP contribution in [0, 0.1) is 0 Å². The summed E-state index contributed by atoms with van der Waals surface area (Å²) in [5, 5.41) is 3.61. The molecule has 98 valence electrons. The molecule has 0 heterocycles. The van der Waals surface area contributed by atoms with Crippen molar-refractivity contribution in [3.8, 4) is 0 Å². The van der Waals surface area contributed by atoms with Crippen LogP contribution in [0.4, 0.5) is 5.69 Å². The molecule has 2 nitrogen and oxygen atoms in total. The van der Waals surface area contributed by atoms with E-state index < -0.39 is 0 Å². The van der Waals surface area contributed by atoms with Gasteiger partial charge in [0.25, 0.3) is 0 Å². The largest absolute Gasteiger partial charge is 0.389 e. The molecule has 1 saturated carbocycles. The fourth-order valence-corrected chi connectivity index (χ4v) is 3.03. The zero-order valence-electron chi connectivity index (χ0n) is 10.4. The summed E-state index contributed by atoms with van der Waals surface area (Å²) in [5.74, 6) is 0. The summed E-state index contributed by atoms with van der Waals surface area (Å²) in [6.07, 6.45) is 7.83. The van der Waals surface area contributed by atoms with E-state index in [-0.39, 0.29) is 0 Å². The Hall–Kier alpha value is -0.610. The number of anilines is 1. The third-order valence-corrected chi connectivity index (χ3v) is 4.18. The number of benzene rings is 1. The van der Waals surface area contributed by atoms with Gasteiger partial charge in [-0.25, -0.2) is 0 Å². The third-order valence-electron chi connectivity index (χ3n) is 3.46. The molecule has 0 unspecified atom stereocenters. The van der Waals surface area contributed by atoms with Crippen molar-refractivity contribution in [2.24, 2.45) is 5.73 Å². The molecule has 2 rings (SSSR count). The van der Waals surface area contributed by atoms with Gasteiger partial charge in [0, 0.05) is 21.8 Å². The van der Waals surface area contributed by atoms with E-state index in [2.05, 4.69) is 27.3 Å². The van der Waals surface area contributed by atoms with Gasteiger partial charge in [-0.3, -0.25) is 0 Å². The minimum atomic E-state index is 0.457. The Morgan fingerprint density at radius 1 is 1.22 bits per heavy atom. The molecule has 0 atom stereocenters. The average molecular weight is 327 g/mol. The van der Waals surface area contributed by atoms with Crippen molar-refractivity contribution in [3.63, 3.8) is 0 Å². The zero-order valence-corrected chi connectivity index (χ0v) is 12.8. The fourth-order valence-electron chi connectivity index (χ4n) is 2.49. The molecule has 1 aromatic carbocycles. The first-order chi connectivity index (χ1) is 8.66. The molecule has 0 spiro atoms. The van der Waals surface area contributed by atoms with Gasteiger partial charge < -0.3 is 11.1 Å². The summed E-state index contributed by atoms with van der Waals surface area (Å²) < 4.78 is 1.05. The molecule has 1 fully saturated rings. The summed E-state index contributed by atoms with van der Waals surface area (Å²) in [6.45, 7) is 0. The summed E-state index contributed by atoms with van der Waals surface area (Å²) in [6, 6.07) is 6.58. The molecule has 1 aliphatic rings. The monoisotopic (exact) mass is 326 g/mol. The van der Waals surface area contributed by atoms with Gasteiger partial charge in [0.15, 0.2) is 0 Å². The average Bonchev–Trinajstić information content (AvgIpc) is 2.57. The minimum Gasteiger partial charge on any atom is -0.389 e. The summed E-state index contributed by atoms with van der Waals surface area (Å²) in [7, 11) is 0. The van der Waals surface area contributed by atoms with E-state index in [9.17, 15) is 0 Å². The van der Waals surface area contributed by atoms with Crippen molar-refractivity contribution in [2.75, 3.05) is 5.32 Å². The Labute approximate surface area is 122 Å². The van der Waals surface area contributed by atoms with Crippen LogP contribution in [-0.2, 0) is 0 Å². The van der Waals surface area contributed by atoms with Crippen LogP contribution in [0.3, 0.4) is 0 Å². The van der Waals surface area contributed by atoms with Crippen LogP contribution in [0.15, 0.2) is 22.7 Å². The van der Waals surface area contributed by atoms with Crippen LogP contribution in [0.1, 0.15) is 44.1 Å². The Morgan fingerprint density at radius 3 is 2.50 bits per heavy atom. The van der Waals surface area contributed by atoms with Gasteiger partial charge in [0.2, 0.25) is 0 Å². The van der Waals surface area contributed by atoms with Crippen molar-refractivity contribution in [3.05, 3.63) is 28.2 Å². The van der Waals surface area contributed by atoms with Gasteiger partial charge in [-0.15, -0.1) is 0 Å². The number of hydrogen-bond donors (Lipinski definition) is 2. The number of hydrogen-bond acceptors (Lipinski definition) is 2. The molecule has 3 N–H and O–H groups in total. The molecule has 4 heteroatoms. The van der Waals surface area contributed by atoms with E-state index >= 15 is 0 Å². The molecular weight excluding hydrogens is 308 g/mol. The van der Waals surface area contributed by atoms with E-state index in [1.165, 1.54) is 38.5 Å². The highest BCUT2D eigenvalue weighted by Crippen LogP contribution is 2.26. The molecule has 0 aromatic heterocycles. The van der Waals surface area contributed by atoms with Gasteiger partial charge in [0.05, 0.1) is 0 Å². The van der Waals surface area contributed by atoms with Crippen LogP contribution in [0.5, 0.6) is 0 Å². The highest BCUT2D eigenvalue weighted by atomic mass is 79.9. The first-order valence-corrected chi connectivity index (χ1v) is 7.73. The predicted octanol–water partition coefficient (Wildman–Crippen LogP) is 4.22. The topological polar surface area (TPSA) is 38.0 Å². The van der Waals surface area contributed by atoms with E-state index in [0.29, 0.717) is 11.0 Å². The molecule has 0 amide bonds. The molecule has 0 radical (unpaired) electrons. The molecule has 1 aliphatic carbocycles. The maximum absolute atomic E-state index is 5.78. The van der Waals surface area contributed by atoms with Crippen LogP contribution in [-0.4, -0.2) is 11.0 Å². The number of nitrogens with two attached hydrogens (primary N) is 1. The van der Waals surface area contributed by atoms with Crippen LogP contribution < -0.4 is 11.1 Å². The predicted molar refractivity (Wildman–Crippen MR) is 85.1 cm³/mol. The normalized spacial score (nSPS) is 17.2. The molecule has 0 aliphatic heterocycles. The number of rotatable bonds is 3. The maximum Gasteiger partial charge on any atom is 0.106 e. The second kappa shape index (κ2) is 6.53. The minimum absolute atomic E-state index is 0.457. The Bertz CT molecular complexity index is 426. The second-order valence-corrected chi connectivity index (χ2v) is 6.24. The van der Waals surface area contributed by atoms with Gasteiger partial charge in [0.1, 0.15) is 4.99 Å². The quantitative estimate of drug-likeness (QED) is 0.645. The summed E-state index contributed by atoms with van der Waals surface area (Å²) in [4.78, 5) is 0.457. The van der Waals surface area contributed by atoms with Crippen molar-refractivity contribution in [1.29, 1.82) is 0 Å². The van der Waals surface area contributed by atoms with Crippen LogP contribution in [0.25, 0.3) is 0 Å². The van der Waals surface area contributed by atoms with E-state index in [1.54, 1.807) is 0 Å². The van der Waals surface area contributed by atoms with Gasteiger partial charge in [-0.2, -0.15) is 0 Å².